The SMILES string of the molecule is C=C(/N=C(Nc1ccnc(C2(CF)CC2)c1)\C(=C/C)C(=O)NC(C)C)Nc1ccc(C(C)(C)C)c(CCC)c1.CC.CCC. The molecule has 0 atom stereocenters. The number of carbonyl (C=O) groups is 1. The normalized spacial score (nSPS) is 14.0. The minimum absolute atomic E-state index is 0.0415. The smallest absolute Gasteiger partial charge is 0.254 e. The first kappa shape index (κ1) is 38.5. The Balaban J connectivity index is 0.00000182. The van der Waals surface area contributed by atoms with E-state index in [1.54, 1.807) is 25.3 Å². The lowest BCUT2D eigenvalue weighted by Gasteiger charge is -2.24. The number of carbonyl (C=O) groups excluding carboxylic acids is 1. The van der Waals surface area contributed by atoms with Crippen molar-refractivity contribution in [1.29, 1.82) is 0 Å². The molecule has 1 amide bonds. The van der Waals surface area contributed by atoms with Gasteiger partial charge in [-0.2, -0.15) is 0 Å². The quantitative estimate of drug-likeness (QED) is 0.135. The number of rotatable bonds is 11. The maximum absolute atomic E-state index is 13.7. The molecule has 3 N–H and O–H groups in total. The van der Waals surface area contributed by atoms with Crippen molar-refractivity contribution in [2.24, 2.45) is 4.99 Å². The topological polar surface area (TPSA) is 78.4 Å². The Morgan fingerprint density at radius 2 is 1.70 bits per heavy atom. The average molecular weight is 608 g/mol. The van der Waals surface area contributed by atoms with Crippen molar-refractivity contribution in [1.82, 2.24) is 10.3 Å². The number of aryl methyl sites for hydroxylation is 1. The Labute approximate surface area is 267 Å². The van der Waals surface area contributed by atoms with Crippen molar-refractivity contribution in [3.8, 4) is 0 Å². The minimum Gasteiger partial charge on any atom is -0.350 e. The molecule has 6 nitrogen and oxygen atoms in total. The molecule has 0 aliphatic heterocycles. The summed E-state index contributed by atoms with van der Waals surface area (Å²) < 4.78 is 13.7. The van der Waals surface area contributed by atoms with E-state index in [0.717, 1.165) is 31.4 Å². The summed E-state index contributed by atoms with van der Waals surface area (Å²) in [5.74, 6) is 0.482. The predicted octanol–water partition coefficient (Wildman–Crippen LogP) is 9.64. The molecule has 1 aliphatic carbocycles. The molecule has 1 saturated carbocycles. The third-order valence-electron chi connectivity index (χ3n) is 6.85. The van der Waals surface area contributed by atoms with Crippen LogP contribution in [0.1, 0.15) is 119 Å². The van der Waals surface area contributed by atoms with Crippen LogP contribution in [0.25, 0.3) is 0 Å². The predicted molar refractivity (Wildman–Crippen MR) is 188 cm³/mol. The van der Waals surface area contributed by atoms with Gasteiger partial charge in [0.15, 0.2) is 0 Å². The fourth-order valence-electron chi connectivity index (χ4n) is 4.62. The average Bonchev–Trinajstić information content (AvgIpc) is 3.76. The number of nitrogens with zero attached hydrogens (tertiary/aromatic N) is 2. The molecule has 1 heterocycles. The summed E-state index contributed by atoms with van der Waals surface area (Å²) in [6, 6.07) is 9.94. The number of aromatic nitrogens is 1. The van der Waals surface area contributed by atoms with Gasteiger partial charge in [0, 0.05) is 29.0 Å². The van der Waals surface area contributed by atoms with Crippen molar-refractivity contribution in [3.05, 3.63) is 77.4 Å². The van der Waals surface area contributed by atoms with Gasteiger partial charge in [-0.25, -0.2) is 4.99 Å². The van der Waals surface area contributed by atoms with Crippen molar-refractivity contribution in [3.63, 3.8) is 0 Å². The number of hydrogen-bond donors (Lipinski definition) is 3. The highest BCUT2D eigenvalue weighted by Crippen LogP contribution is 2.48. The van der Waals surface area contributed by atoms with Crippen LogP contribution >= 0.6 is 0 Å². The van der Waals surface area contributed by atoms with E-state index in [1.165, 1.54) is 17.5 Å². The van der Waals surface area contributed by atoms with Crippen LogP contribution in [-0.2, 0) is 22.0 Å². The minimum atomic E-state index is -0.492. The monoisotopic (exact) mass is 607 g/mol. The molecule has 0 radical (unpaired) electrons. The molecule has 1 aromatic heterocycles. The second-order valence-electron chi connectivity index (χ2n) is 12.4. The summed E-state index contributed by atoms with van der Waals surface area (Å²) >= 11 is 0. The summed E-state index contributed by atoms with van der Waals surface area (Å²) in [4.78, 5) is 22.2. The van der Waals surface area contributed by atoms with E-state index in [4.69, 9.17) is 4.99 Å². The fraction of sp³-hybridized carbons (Fsp3) is 0.541. The first-order valence-corrected chi connectivity index (χ1v) is 16.3. The Morgan fingerprint density at radius 3 is 2.20 bits per heavy atom. The molecule has 3 rings (SSSR count). The number of amidine groups is 1. The number of aliphatic imine (C=N–C) groups is 1. The summed E-state index contributed by atoms with van der Waals surface area (Å²) in [7, 11) is 0. The Kier molecular flexibility index (Phi) is 16.1. The third-order valence-corrected chi connectivity index (χ3v) is 6.85. The molecule has 1 aliphatic rings. The lowest BCUT2D eigenvalue weighted by atomic mass is 9.82. The molecular weight excluding hydrogens is 549 g/mol. The zero-order chi connectivity index (χ0) is 33.5. The van der Waals surface area contributed by atoms with Gasteiger partial charge >= 0.3 is 0 Å². The fourth-order valence-corrected chi connectivity index (χ4v) is 4.62. The second-order valence-corrected chi connectivity index (χ2v) is 12.4. The van der Waals surface area contributed by atoms with Crippen LogP contribution in [0.4, 0.5) is 15.8 Å². The van der Waals surface area contributed by atoms with Gasteiger partial charge in [0.2, 0.25) is 0 Å². The maximum Gasteiger partial charge on any atom is 0.254 e. The second kappa shape index (κ2) is 18.4. The molecular formula is C37H58FN5O. The number of halogens is 1. The van der Waals surface area contributed by atoms with Gasteiger partial charge < -0.3 is 16.0 Å². The first-order valence-electron chi connectivity index (χ1n) is 16.3. The molecule has 244 valence electrons. The van der Waals surface area contributed by atoms with Gasteiger partial charge in [-0.05, 0) is 80.8 Å². The molecule has 44 heavy (non-hydrogen) atoms. The number of anilines is 2. The van der Waals surface area contributed by atoms with E-state index in [2.05, 4.69) is 81.2 Å². The first-order chi connectivity index (χ1) is 20.8. The van der Waals surface area contributed by atoms with Crippen LogP contribution in [0.15, 0.2) is 65.6 Å². The number of benzene rings is 1. The molecule has 0 unspecified atom stereocenters. The van der Waals surface area contributed by atoms with E-state index in [-0.39, 0.29) is 17.4 Å². The Morgan fingerprint density at radius 1 is 1.09 bits per heavy atom. The highest BCUT2D eigenvalue weighted by molar-refractivity contribution is 6.25. The van der Waals surface area contributed by atoms with Gasteiger partial charge in [-0.1, -0.05) is 87.0 Å². The van der Waals surface area contributed by atoms with Crippen molar-refractivity contribution >= 4 is 23.1 Å². The standard InChI is InChI=1S/C32H44FN5O.C3H8.C2H6/c1-9-11-23-18-24(12-13-27(23)31(6,7)8)36-22(5)37-29(26(10-2)30(39)35-21(3)4)38-25-14-17-34-28(19-25)32(20-33)15-16-32;1-3-2;1-2/h10,12-14,17-19,21,36H,5,9,11,15-16,20H2,1-4,6-8H3,(H,35,39)(H,34,37,38);3H2,1-2H3;1-2H3/b26-10+;;. The van der Waals surface area contributed by atoms with Crippen LogP contribution in [0, 0.1) is 0 Å². The van der Waals surface area contributed by atoms with E-state index in [1.807, 2.05) is 39.8 Å². The molecule has 0 bridgehead atoms. The van der Waals surface area contributed by atoms with E-state index in [0.29, 0.717) is 28.6 Å². The Bertz CT molecular complexity index is 1270. The summed E-state index contributed by atoms with van der Waals surface area (Å²) in [6.07, 6.45) is 8.23. The van der Waals surface area contributed by atoms with Crippen LogP contribution in [0.3, 0.4) is 0 Å². The lowest BCUT2D eigenvalue weighted by molar-refractivity contribution is -0.117. The van der Waals surface area contributed by atoms with Gasteiger partial charge in [-0.3, -0.25) is 14.2 Å². The molecule has 2 aromatic rings. The highest BCUT2D eigenvalue weighted by atomic mass is 19.1. The summed E-state index contributed by atoms with van der Waals surface area (Å²) in [6.45, 7) is 26.4. The van der Waals surface area contributed by atoms with Crippen molar-refractivity contribution < 1.29 is 9.18 Å². The molecule has 7 heteroatoms. The molecule has 1 fully saturated rings. The molecule has 0 spiro atoms. The largest absolute Gasteiger partial charge is 0.350 e. The zero-order valence-corrected chi connectivity index (χ0v) is 29.2. The van der Waals surface area contributed by atoms with Crippen LogP contribution in [0.2, 0.25) is 0 Å². The van der Waals surface area contributed by atoms with E-state index < -0.39 is 12.1 Å². The zero-order valence-electron chi connectivity index (χ0n) is 29.2. The summed E-state index contributed by atoms with van der Waals surface area (Å²) in [5, 5.41) is 9.53. The lowest BCUT2D eigenvalue weighted by Crippen LogP contribution is -2.35. The number of nitrogens with one attached hydrogen (secondary N) is 3. The van der Waals surface area contributed by atoms with Crippen LogP contribution in [0.5, 0.6) is 0 Å². The number of alkyl halides is 1. The number of allylic oxidation sites excluding steroid dienone is 1. The van der Waals surface area contributed by atoms with Crippen LogP contribution < -0.4 is 16.0 Å². The third kappa shape index (κ3) is 11.5. The molecule has 0 saturated heterocycles. The van der Waals surface area contributed by atoms with Crippen molar-refractivity contribution in [2.75, 3.05) is 17.3 Å². The number of amides is 1. The van der Waals surface area contributed by atoms with Gasteiger partial charge in [0.25, 0.3) is 5.91 Å². The van der Waals surface area contributed by atoms with Crippen molar-refractivity contribution in [2.45, 2.75) is 125 Å². The van der Waals surface area contributed by atoms with Gasteiger partial charge in [0.1, 0.15) is 18.3 Å². The van der Waals surface area contributed by atoms with E-state index >= 15 is 0 Å². The number of pyridine rings is 1. The molecule has 1 aromatic carbocycles. The van der Waals surface area contributed by atoms with Gasteiger partial charge in [0.05, 0.1) is 11.3 Å². The van der Waals surface area contributed by atoms with Gasteiger partial charge in [-0.15, -0.1) is 0 Å². The summed E-state index contributed by atoms with van der Waals surface area (Å²) in [5.41, 5.74) is 4.83. The maximum atomic E-state index is 13.7. The number of hydrogen-bond acceptors (Lipinski definition) is 4. The van der Waals surface area contributed by atoms with Crippen LogP contribution in [-0.4, -0.2) is 29.4 Å². The highest BCUT2D eigenvalue weighted by Gasteiger charge is 2.46. The van der Waals surface area contributed by atoms with E-state index in [9.17, 15) is 9.18 Å². The Hall–Kier alpha value is -3.48.